The van der Waals surface area contributed by atoms with Crippen LogP contribution in [0.3, 0.4) is 0 Å². The highest BCUT2D eigenvalue weighted by Gasteiger charge is 2.24. The van der Waals surface area contributed by atoms with Gasteiger partial charge in [0.2, 0.25) is 0 Å². The van der Waals surface area contributed by atoms with E-state index in [4.69, 9.17) is 28.9 Å². The molecule has 3 nitrogen and oxygen atoms in total. The topological polar surface area (TPSA) is 49.5 Å². The summed E-state index contributed by atoms with van der Waals surface area (Å²) < 4.78 is 0. The van der Waals surface area contributed by atoms with E-state index in [0.717, 1.165) is 24.9 Å². The molecule has 2 atom stereocenters. The Morgan fingerprint density at radius 2 is 2.17 bits per heavy atom. The summed E-state index contributed by atoms with van der Waals surface area (Å²) in [6, 6.07) is 4.01. The Bertz CT molecular complexity index is 439. The number of benzene rings is 1. The van der Waals surface area contributed by atoms with Crippen LogP contribution < -0.4 is 5.73 Å². The zero-order valence-corrected chi connectivity index (χ0v) is 11.9. The van der Waals surface area contributed by atoms with Gasteiger partial charge < -0.3 is 10.8 Å². The van der Waals surface area contributed by atoms with Crippen molar-refractivity contribution in [2.45, 2.75) is 38.4 Å². The van der Waals surface area contributed by atoms with Gasteiger partial charge in [0.25, 0.3) is 0 Å². The van der Waals surface area contributed by atoms with Gasteiger partial charge in [0.05, 0.1) is 5.02 Å². The predicted molar refractivity (Wildman–Crippen MR) is 75.2 cm³/mol. The Morgan fingerprint density at radius 1 is 1.44 bits per heavy atom. The van der Waals surface area contributed by atoms with E-state index < -0.39 is 0 Å². The van der Waals surface area contributed by atoms with Gasteiger partial charge >= 0.3 is 0 Å². The van der Waals surface area contributed by atoms with Crippen molar-refractivity contribution in [1.29, 1.82) is 0 Å². The minimum absolute atomic E-state index is 0.128. The van der Waals surface area contributed by atoms with Crippen molar-refractivity contribution in [1.82, 2.24) is 4.90 Å². The highest BCUT2D eigenvalue weighted by atomic mass is 35.5. The van der Waals surface area contributed by atoms with Crippen molar-refractivity contribution in [2.24, 2.45) is 5.73 Å². The molecule has 0 spiro atoms. The lowest BCUT2D eigenvalue weighted by molar-refractivity contribution is 0.139. The first-order chi connectivity index (χ1) is 8.47. The molecule has 1 saturated heterocycles. The first kappa shape index (κ1) is 13.9. The average molecular weight is 289 g/mol. The van der Waals surface area contributed by atoms with Crippen LogP contribution in [-0.4, -0.2) is 28.6 Å². The van der Waals surface area contributed by atoms with Gasteiger partial charge in [-0.2, -0.15) is 0 Å². The highest BCUT2D eigenvalue weighted by molar-refractivity contribution is 6.35. The summed E-state index contributed by atoms with van der Waals surface area (Å²) in [6.07, 6.45) is 1.97. The predicted octanol–water partition coefficient (Wildman–Crippen LogP) is 3.01. The van der Waals surface area contributed by atoms with Crippen molar-refractivity contribution in [3.8, 4) is 5.75 Å². The number of hydrogen-bond donors (Lipinski definition) is 2. The van der Waals surface area contributed by atoms with Crippen LogP contribution in [0.25, 0.3) is 0 Å². The molecule has 1 aliphatic rings. The molecular weight excluding hydrogens is 271 g/mol. The number of phenolic OH excluding ortho intramolecular Hbond substituents is 1. The van der Waals surface area contributed by atoms with Crippen molar-refractivity contribution in [3.05, 3.63) is 27.7 Å². The highest BCUT2D eigenvalue weighted by Crippen LogP contribution is 2.33. The fourth-order valence-corrected chi connectivity index (χ4v) is 2.99. The van der Waals surface area contributed by atoms with E-state index in [2.05, 4.69) is 11.8 Å². The molecule has 1 aliphatic heterocycles. The minimum atomic E-state index is 0.128. The molecule has 1 aromatic carbocycles. The summed E-state index contributed by atoms with van der Waals surface area (Å²) in [5.41, 5.74) is 6.71. The zero-order chi connectivity index (χ0) is 13.3. The molecule has 0 saturated carbocycles. The molecule has 18 heavy (non-hydrogen) atoms. The quantitative estimate of drug-likeness (QED) is 0.880. The van der Waals surface area contributed by atoms with E-state index in [1.54, 1.807) is 12.1 Å². The molecule has 0 radical (unpaired) electrons. The zero-order valence-electron chi connectivity index (χ0n) is 10.4. The molecule has 5 heteroatoms. The van der Waals surface area contributed by atoms with Crippen LogP contribution in [0.2, 0.25) is 10.0 Å². The number of hydrogen-bond acceptors (Lipinski definition) is 3. The first-order valence-corrected chi connectivity index (χ1v) is 6.89. The molecule has 3 N–H and O–H groups in total. The summed E-state index contributed by atoms with van der Waals surface area (Å²) in [5.74, 6) is 0.128. The fraction of sp³-hybridized carbons (Fsp3) is 0.538. The molecule has 100 valence electrons. The van der Waals surface area contributed by atoms with Crippen molar-refractivity contribution >= 4 is 23.2 Å². The van der Waals surface area contributed by atoms with Crippen molar-refractivity contribution in [2.75, 3.05) is 6.54 Å². The monoisotopic (exact) mass is 288 g/mol. The third-order valence-corrected chi connectivity index (χ3v) is 4.04. The molecule has 1 heterocycles. The summed E-state index contributed by atoms with van der Waals surface area (Å²) >= 11 is 11.9. The Kier molecular flexibility index (Phi) is 4.38. The van der Waals surface area contributed by atoms with Crippen molar-refractivity contribution in [3.63, 3.8) is 0 Å². The van der Waals surface area contributed by atoms with Gasteiger partial charge in [-0.1, -0.05) is 23.2 Å². The average Bonchev–Trinajstić information content (AvgIpc) is 2.29. The molecule has 2 rings (SSSR count). The Balaban J connectivity index is 2.14. The lowest BCUT2D eigenvalue weighted by atomic mass is 9.98. The van der Waals surface area contributed by atoms with Crippen LogP contribution in [0.15, 0.2) is 12.1 Å². The van der Waals surface area contributed by atoms with E-state index in [0.29, 0.717) is 22.6 Å². The van der Waals surface area contributed by atoms with Crippen LogP contribution in [-0.2, 0) is 6.54 Å². The van der Waals surface area contributed by atoms with Gasteiger partial charge in [0.15, 0.2) is 0 Å². The van der Waals surface area contributed by atoms with E-state index in [-0.39, 0.29) is 11.8 Å². The number of nitrogens with zero attached hydrogens (tertiary/aromatic N) is 1. The standard InChI is InChI=1S/C13H18Cl2N2O/c1-8-4-11(16)2-3-17(8)7-9-5-10(14)6-12(15)13(9)18/h5-6,8,11,18H,2-4,7,16H2,1H3. The van der Waals surface area contributed by atoms with Crippen LogP contribution in [0.5, 0.6) is 5.75 Å². The van der Waals surface area contributed by atoms with Gasteiger partial charge in [-0.15, -0.1) is 0 Å². The summed E-state index contributed by atoms with van der Waals surface area (Å²) in [7, 11) is 0. The van der Waals surface area contributed by atoms with Crippen molar-refractivity contribution < 1.29 is 5.11 Å². The third-order valence-electron chi connectivity index (χ3n) is 3.53. The number of phenols is 1. The molecule has 1 aromatic rings. The second-order valence-corrected chi connectivity index (χ2v) is 5.84. The SMILES string of the molecule is CC1CC(N)CCN1Cc1cc(Cl)cc(Cl)c1O. The number of nitrogens with two attached hydrogens (primary N) is 1. The number of piperidine rings is 1. The first-order valence-electron chi connectivity index (χ1n) is 6.14. The number of likely N-dealkylation sites (tertiary alicyclic amines) is 1. The summed E-state index contributed by atoms with van der Waals surface area (Å²) in [5, 5.41) is 10.8. The van der Waals surface area contributed by atoms with Gasteiger partial charge in [-0.3, -0.25) is 4.90 Å². The van der Waals surface area contributed by atoms with Crippen LogP contribution in [0.1, 0.15) is 25.3 Å². The Morgan fingerprint density at radius 3 is 2.83 bits per heavy atom. The minimum Gasteiger partial charge on any atom is -0.506 e. The largest absolute Gasteiger partial charge is 0.506 e. The van der Waals surface area contributed by atoms with Gasteiger partial charge in [-0.25, -0.2) is 0 Å². The van der Waals surface area contributed by atoms with E-state index in [9.17, 15) is 5.11 Å². The number of aromatic hydroxyl groups is 1. The maximum absolute atomic E-state index is 9.95. The lowest BCUT2D eigenvalue weighted by Gasteiger charge is -2.36. The molecular formula is C13H18Cl2N2O. The molecule has 0 bridgehead atoms. The molecule has 2 unspecified atom stereocenters. The van der Waals surface area contributed by atoms with Crippen LogP contribution in [0, 0.1) is 0 Å². The molecule has 0 amide bonds. The normalized spacial score (nSPS) is 25.3. The third kappa shape index (κ3) is 3.09. The maximum Gasteiger partial charge on any atom is 0.138 e. The Hall–Kier alpha value is -0.480. The van der Waals surface area contributed by atoms with E-state index in [1.165, 1.54) is 0 Å². The smallest absolute Gasteiger partial charge is 0.138 e. The van der Waals surface area contributed by atoms with E-state index >= 15 is 0 Å². The summed E-state index contributed by atoms with van der Waals surface area (Å²) in [6.45, 7) is 3.74. The number of rotatable bonds is 2. The van der Waals surface area contributed by atoms with Gasteiger partial charge in [-0.05, 0) is 31.9 Å². The number of halogens is 2. The summed E-state index contributed by atoms with van der Waals surface area (Å²) in [4.78, 5) is 2.30. The maximum atomic E-state index is 9.95. The Labute approximate surface area is 117 Å². The second-order valence-electron chi connectivity index (χ2n) is 5.00. The van der Waals surface area contributed by atoms with Gasteiger partial charge in [0, 0.05) is 35.8 Å². The van der Waals surface area contributed by atoms with Crippen LogP contribution >= 0.6 is 23.2 Å². The second kappa shape index (κ2) is 5.66. The lowest BCUT2D eigenvalue weighted by Crippen LogP contribution is -2.44. The van der Waals surface area contributed by atoms with E-state index in [1.807, 2.05) is 0 Å². The molecule has 1 fully saturated rings. The van der Waals surface area contributed by atoms with Gasteiger partial charge in [0.1, 0.15) is 5.75 Å². The fourth-order valence-electron chi connectivity index (χ4n) is 2.45. The van der Waals surface area contributed by atoms with Crippen LogP contribution in [0.4, 0.5) is 0 Å². The molecule has 0 aromatic heterocycles. The molecule has 0 aliphatic carbocycles.